The molecule has 0 atom stereocenters. The normalized spacial score (nSPS) is 10.5. The standard InChI is InChI=1S/C15H17N3O/c1-4-9-17-15(19)13(11-16)10-12-5-7-14(8-6-12)18(2)3/h4-8,10H,1,9H2,2-3H3,(H,17,19)/b13-10-. The van der Waals surface area contributed by atoms with Crippen LogP contribution < -0.4 is 10.2 Å². The maximum atomic E-state index is 11.7. The molecule has 1 rings (SSSR count). The van der Waals surface area contributed by atoms with Crippen molar-refractivity contribution in [2.24, 2.45) is 0 Å². The maximum Gasteiger partial charge on any atom is 0.262 e. The summed E-state index contributed by atoms with van der Waals surface area (Å²) in [6.45, 7) is 3.85. The molecule has 0 unspecified atom stereocenters. The van der Waals surface area contributed by atoms with Gasteiger partial charge < -0.3 is 10.2 Å². The van der Waals surface area contributed by atoms with Gasteiger partial charge in [0.05, 0.1) is 0 Å². The van der Waals surface area contributed by atoms with Crippen LogP contribution in [-0.4, -0.2) is 26.5 Å². The Balaban J connectivity index is 2.89. The van der Waals surface area contributed by atoms with E-state index in [4.69, 9.17) is 5.26 Å². The van der Waals surface area contributed by atoms with Crippen molar-refractivity contribution in [1.29, 1.82) is 5.26 Å². The fraction of sp³-hybridized carbons (Fsp3) is 0.200. The highest BCUT2D eigenvalue weighted by molar-refractivity contribution is 6.01. The van der Waals surface area contributed by atoms with E-state index in [1.165, 1.54) is 0 Å². The van der Waals surface area contributed by atoms with E-state index in [-0.39, 0.29) is 11.5 Å². The quantitative estimate of drug-likeness (QED) is 0.497. The van der Waals surface area contributed by atoms with Crippen molar-refractivity contribution in [2.45, 2.75) is 0 Å². The number of nitrogens with zero attached hydrogens (tertiary/aromatic N) is 2. The summed E-state index contributed by atoms with van der Waals surface area (Å²) in [5, 5.41) is 11.6. The van der Waals surface area contributed by atoms with Crippen LogP contribution in [0.25, 0.3) is 6.08 Å². The zero-order chi connectivity index (χ0) is 14.3. The highest BCUT2D eigenvalue weighted by Gasteiger charge is 2.07. The number of nitrogens with one attached hydrogen (secondary N) is 1. The first-order chi connectivity index (χ1) is 9.08. The van der Waals surface area contributed by atoms with Crippen molar-refractivity contribution in [2.75, 3.05) is 25.5 Å². The zero-order valence-electron chi connectivity index (χ0n) is 11.2. The first kappa shape index (κ1) is 14.5. The predicted molar refractivity (Wildman–Crippen MR) is 77.6 cm³/mol. The van der Waals surface area contributed by atoms with Crippen LogP contribution in [0.3, 0.4) is 0 Å². The van der Waals surface area contributed by atoms with Crippen molar-refractivity contribution in [3.05, 3.63) is 48.1 Å². The average Bonchev–Trinajstić information content (AvgIpc) is 2.42. The molecule has 0 radical (unpaired) electrons. The summed E-state index contributed by atoms with van der Waals surface area (Å²) in [5.41, 5.74) is 1.96. The fourth-order valence-electron chi connectivity index (χ4n) is 1.44. The van der Waals surface area contributed by atoms with Gasteiger partial charge in [-0.05, 0) is 23.8 Å². The highest BCUT2D eigenvalue weighted by atomic mass is 16.1. The number of hydrogen-bond acceptors (Lipinski definition) is 3. The van der Waals surface area contributed by atoms with Crippen molar-refractivity contribution in [3.63, 3.8) is 0 Å². The van der Waals surface area contributed by atoms with Crippen LogP contribution in [-0.2, 0) is 4.79 Å². The zero-order valence-corrected chi connectivity index (χ0v) is 11.2. The lowest BCUT2D eigenvalue weighted by molar-refractivity contribution is -0.116. The van der Waals surface area contributed by atoms with Gasteiger partial charge in [-0.1, -0.05) is 18.2 Å². The average molecular weight is 255 g/mol. The third kappa shape index (κ3) is 4.32. The highest BCUT2D eigenvalue weighted by Crippen LogP contribution is 2.14. The van der Waals surface area contributed by atoms with Gasteiger partial charge in [0.25, 0.3) is 5.91 Å². The van der Waals surface area contributed by atoms with Gasteiger partial charge >= 0.3 is 0 Å². The molecule has 98 valence electrons. The number of anilines is 1. The Bertz CT molecular complexity index is 521. The summed E-state index contributed by atoms with van der Waals surface area (Å²) in [4.78, 5) is 13.6. The molecule has 0 aliphatic rings. The van der Waals surface area contributed by atoms with Crippen LogP contribution in [0.1, 0.15) is 5.56 Å². The minimum Gasteiger partial charge on any atom is -0.378 e. The monoisotopic (exact) mass is 255 g/mol. The molecule has 4 heteroatoms. The summed E-state index contributed by atoms with van der Waals surface area (Å²) >= 11 is 0. The SMILES string of the molecule is C=CCNC(=O)/C(C#N)=C\c1ccc(N(C)C)cc1. The van der Waals surface area contributed by atoms with E-state index in [2.05, 4.69) is 11.9 Å². The van der Waals surface area contributed by atoms with E-state index >= 15 is 0 Å². The number of amides is 1. The predicted octanol–water partition coefficient (Wildman–Crippen LogP) is 1.96. The van der Waals surface area contributed by atoms with Gasteiger partial charge in [-0.2, -0.15) is 5.26 Å². The molecule has 0 aliphatic heterocycles. The van der Waals surface area contributed by atoms with Gasteiger partial charge in [0.2, 0.25) is 0 Å². The summed E-state index contributed by atoms with van der Waals surface area (Å²) in [5.74, 6) is -0.390. The van der Waals surface area contributed by atoms with E-state index in [9.17, 15) is 4.79 Å². The smallest absolute Gasteiger partial charge is 0.262 e. The molecule has 19 heavy (non-hydrogen) atoms. The van der Waals surface area contributed by atoms with E-state index in [0.717, 1.165) is 11.3 Å². The van der Waals surface area contributed by atoms with Gasteiger partial charge in [0.1, 0.15) is 11.6 Å². The van der Waals surface area contributed by atoms with Crippen molar-refractivity contribution in [3.8, 4) is 6.07 Å². The van der Waals surface area contributed by atoms with Gasteiger partial charge in [-0.3, -0.25) is 4.79 Å². The molecule has 0 aliphatic carbocycles. The Hall–Kier alpha value is -2.54. The second-order valence-electron chi connectivity index (χ2n) is 4.15. The van der Waals surface area contributed by atoms with Gasteiger partial charge in [0, 0.05) is 26.3 Å². The van der Waals surface area contributed by atoms with Crippen LogP contribution in [0, 0.1) is 11.3 Å². The Morgan fingerprint density at radius 1 is 1.42 bits per heavy atom. The third-order valence-corrected chi connectivity index (χ3v) is 2.49. The van der Waals surface area contributed by atoms with Gasteiger partial charge in [0.15, 0.2) is 0 Å². The second kappa shape index (κ2) is 7.02. The van der Waals surface area contributed by atoms with Crippen molar-refractivity contribution < 1.29 is 4.79 Å². The molecule has 0 bridgehead atoms. The number of carbonyl (C=O) groups excluding carboxylic acids is 1. The van der Waals surface area contributed by atoms with Crippen LogP contribution >= 0.6 is 0 Å². The summed E-state index contributed by atoms with van der Waals surface area (Å²) in [6.07, 6.45) is 3.14. The molecule has 0 aromatic heterocycles. The number of carbonyl (C=O) groups is 1. The van der Waals surface area contributed by atoms with Crippen molar-refractivity contribution >= 4 is 17.7 Å². The van der Waals surface area contributed by atoms with Crippen LogP contribution in [0.4, 0.5) is 5.69 Å². The number of nitriles is 1. The molecule has 1 N–H and O–H groups in total. The molecule has 1 aromatic carbocycles. The number of rotatable bonds is 5. The second-order valence-corrected chi connectivity index (χ2v) is 4.15. The van der Waals surface area contributed by atoms with Crippen LogP contribution in [0.15, 0.2) is 42.5 Å². The lowest BCUT2D eigenvalue weighted by Crippen LogP contribution is -2.24. The van der Waals surface area contributed by atoms with Crippen LogP contribution in [0.5, 0.6) is 0 Å². The third-order valence-electron chi connectivity index (χ3n) is 2.49. The fourth-order valence-corrected chi connectivity index (χ4v) is 1.44. The minimum absolute atomic E-state index is 0.0828. The van der Waals surface area contributed by atoms with Crippen molar-refractivity contribution in [1.82, 2.24) is 5.32 Å². The Morgan fingerprint density at radius 3 is 2.53 bits per heavy atom. The van der Waals surface area contributed by atoms with Gasteiger partial charge in [-0.15, -0.1) is 6.58 Å². The van der Waals surface area contributed by atoms with Crippen LogP contribution in [0.2, 0.25) is 0 Å². The number of hydrogen-bond donors (Lipinski definition) is 1. The molecular formula is C15H17N3O. The summed E-state index contributed by atoms with van der Waals surface area (Å²) in [7, 11) is 3.91. The first-order valence-corrected chi connectivity index (χ1v) is 5.86. The summed E-state index contributed by atoms with van der Waals surface area (Å²) < 4.78 is 0. The largest absolute Gasteiger partial charge is 0.378 e. The molecule has 0 spiro atoms. The van der Waals surface area contributed by atoms with E-state index in [1.807, 2.05) is 49.3 Å². The lowest BCUT2D eigenvalue weighted by Gasteiger charge is -2.11. The molecule has 0 fully saturated rings. The molecule has 0 saturated carbocycles. The lowest BCUT2D eigenvalue weighted by atomic mass is 10.1. The number of benzene rings is 1. The molecule has 0 heterocycles. The summed E-state index contributed by atoms with van der Waals surface area (Å²) in [6, 6.07) is 9.50. The Morgan fingerprint density at radius 2 is 2.05 bits per heavy atom. The molecule has 4 nitrogen and oxygen atoms in total. The molecular weight excluding hydrogens is 238 g/mol. The maximum absolute atomic E-state index is 11.7. The Kier molecular flexibility index (Phi) is 5.36. The molecule has 1 amide bonds. The van der Waals surface area contributed by atoms with E-state index in [1.54, 1.807) is 12.2 Å². The Labute approximate surface area is 113 Å². The van der Waals surface area contributed by atoms with E-state index in [0.29, 0.717) is 6.54 Å². The van der Waals surface area contributed by atoms with Gasteiger partial charge in [-0.25, -0.2) is 0 Å². The molecule has 1 aromatic rings. The minimum atomic E-state index is -0.390. The molecule has 0 saturated heterocycles. The van der Waals surface area contributed by atoms with E-state index < -0.39 is 0 Å². The first-order valence-electron chi connectivity index (χ1n) is 5.86. The topological polar surface area (TPSA) is 56.1 Å².